The molecular weight excluding hydrogens is 346 g/mol. The van der Waals surface area contributed by atoms with Gasteiger partial charge in [0, 0.05) is 43.1 Å². The third-order valence-electron chi connectivity index (χ3n) is 6.75. The van der Waals surface area contributed by atoms with E-state index in [0.717, 1.165) is 31.0 Å². The Bertz CT molecular complexity index is 731. The van der Waals surface area contributed by atoms with Crippen LogP contribution in [0.1, 0.15) is 36.8 Å². The van der Waals surface area contributed by atoms with Gasteiger partial charge in [0.1, 0.15) is 0 Å². The fraction of sp³-hybridized carbons (Fsp3) is 0.565. The molecule has 0 spiro atoms. The van der Waals surface area contributed by atoms with Crippen LogP contribution in [0.25, 0.3) is 0 Å². The number of hydrogen-bond acceptors (Lipinski definition) is 5. The summed E-state index contributed by atoms with van der Waals surface area (Å²) in [6.07, 6.45) is 9.40. The van der Waals surface area contributed by atoms with Gasteiger partial charge in [-0.2, -0.15) is 0 Å². The van der Waals surface area contributed by atoms with Crippen LogP contribution in [0, 0.1) is 11.8 Å². The Labute approximate surface area is 169 Å². The number of aromatic nitrogens is 2. The Morgan fingerprint density at radius 2 is 1.46 bits per heavy atom. The van der Waals surface area contributed by atoms with Crippen LogP contribution >= 0.6 is 0 Å². The van der Waals surface area contributed by atoms with E-state index < -0.39 is 0 Å². The number of benzene rings is 1. The van der Waals surface area contributed by atoms with Crippen LogP contribution in [-0.4, -0.2) is 53.0 Å². The maximum Gasteiger partial charge on any atom is 0.222 e. The molecule has 4 atom stereocenters. The van der Waals surface area contributed by atoms with Gasteiger partial charge in [0.05, 0.1) is 0 Å². The smallest absolute Gasteiger partial charge is 0.222 e. The quantitative estimate of drug-likeness (QED) is 0.796. The van der Waals surface area contributed by atoms with Gasteiger partial charge < -0.3 is 10.2 Å². The average Bonchev–Trinajstić information content (AvgIpc) is 3.28. The fourth-order valence-corrected chi connectivity index (χ4v) is 5.06. The lowest BCUT2D eigenvalue weighted by Crippen LogP contribution is -2.31. The zero-order valence-electron chi connectivity index (χ0n) is 17.4. The predicted octanol–water partition coefficient (Wildman–Crippen LogP) is 3.64. The number of rotatable bonds is 7. The van der Waals surface area contributed by atoms with Gasteiger partial charge in [-0.15, -0.1) is 0 Å². The van der Waals surface area contributed by atoms with E-state index in [0.29, 0.717) is 12.0 Å². The minimum Gasteiger partial charge on any atom is -0.350 e. The Morgan fingerprint density at radius 1 is 0.857 bits per heavy atom. The summed E-state index contributed by atoms with van der Waals surface area (Å²) in [6, 6.07) is 11.8. The SMILES string of the molecule is CN(C)C1C[C@@H]2CC(N(C)Cc3cnc(NCc4ccccc4)nc3)C[C@@H]2C1. The number of hydrogen-bond donors (Lipinski definition) is 1. The summed E-state index contributed by atoms with van der Waals surface area (Å²) in [5, 5.41) is 3.30. The maximum absolute atomic E-state index is 4.51. The van der Waals surface area contributed by atoms with Crippen LogP contribution in [0.15, 0.2) is 42.7 Å². The van der Waals surface area contributed by atoms with Gasteiger partial charge in [0.2, 0.25) is 5.95 Å². The molecule has 2 aliphatic carbocycles. The highest BCUT2D eigenvalue weighted by Gasteiger charge is 2.43. The summed E-state index contributed by atoms with van der Waals surface area (Å²) in [7, 11) is 6.72. The van der Waals surface area contributed by atoms with E-state index in [9.17, 15) is 0 Å². The van der Waals surface area contributed by atoms with Crippen molar-refractivity contribution in [3.8, 4) is 0 Å². The zero-order valence-corrected chi connectivity index (χ0v) is 17.4. The van der Waals surface area contributed by atoms with E-state index in [-0.39, 0.29) is 0 Å². The fourth-order valence-electron chi connectivity index (χ4n) is 5.06. The molecule has 0 saturated heterocycles. The summed E-state index contributed by atoms with van der Waals surface area (Å²) in [4.78, 5) is 13.9. The summed E-state index contributed by atoms with van der Waals surface area (Å²) in [5.74, 6) is 2.53. The summed E-state index contributed by atoms with van der Waals surface area (Å²) < 4.78 is 0. The van der Waals surface area contributed by atoms with E-state index in [1.807, 2.05) is 18.5 Å². The Hall–Kier alpha value is -1.98. The molecule has 2 aromatic rings. The number of nitrogens with zero attached hydrogens (tertiary/aromatic N) is 4. The molecular formula is C23H33N5. The van der Waals surface area contributed by atoms with Crippen molar-refractivity contribution in [2.45, 2.75) is 50.9 Å². The second-order valence-corrected chi connectivity index (χ2v) is 8.90. The first-order chi connectivity index (χ1) is 13.6. The predicted molar refractivity (Wildman–Crippen MR) is 114 cm³/mol. The molecule has 2 aliphatic rings. The third kappa shape index (κ3) is 4.53. The first-order valence-corrected chi connectivity index (χ1v) is 10.5. The molecule has 2 saturated carbocycles. The molecule has 0 amide bonds. The third-order valence-corrected chi connectivity index (χ3v) is 6.75. The number of nitrogens with one attached hydrogen (secondary N) is 1. The van der Waals surface area contributed by atoms with E-state index in [1.165, 1.54) is 36.8 Å². The van der Waals surface area contributed by atoms with Crippen molar-refractivity contribution in [1.82, 2.24) is 19.8 Å². The number of fused-ring (bicyclic) bond motifs is 1. The summed E-state index contributed by atoms with van der Waals surface area (Å²) in [5.41, 5.74) is 2.43. The van der Waals surface area contributed by atoms with Crippen LogP contribution in [0.5, 0.6) is 0 Å². The van der Waals surface area contributed by atoms with Crippen LogP contribution in [-0.2, 0) is 13.1 Å². The van der Waals surface area contributed by atoms with Gasteiger partial charge in [0.25, 0.3) is 0 Å². The van der Waals surface area contributed by atoms with Crippen LogP contribution in [0.2, 0.25) is 0 Å². The molecule has 5 nitrogen and oxygen atoms in total. The molecule has 150 valence electrons. The first-order valence-electron chi connectivity index (χ1n) is 10.5. The lowest BCUT2D eigenvalue weighted by molar-refractivity contribution is 0.211. The van der Waals surface area contributed by atoms with Gasteiger partial charge in [-0.05, 0) is 64.2 Å². The van der Waals surface area contributed by atoms with Crippen molar-refractivity contribution in [2.75, 3.05) is 26.5 Å². The van der Waals surface area contributed by atoms with Crippen molar-refractivity contribution >= 4 is 5.95 Å². The van der Waals surface area contributed by atoms with E-state index in [4.69, 9.17) is 0 Å². The second-order valence-electron chi connectivity index (χ2n) is 8.90. The van der Waals surface area contributed by atoms with Crippen LogP contribution < -0.4 is 5.32 Å². The monoisotopic (exact) mass is 379 g/mol. The molecule has 2 unspecified atom stereocenters. The second kappa shape index (κ2) is 8.58. The van der Waals surface area contributed by atoms with Crippen molar-refractivity contribution in [3.05, 3.63) is 53.9 Å². The first kappa shape index (κ1) is 19.3. The average molecular weight is 380 g/mol. The molecule has 1 aromatic carbocycles. The molecule has 1 heterocycles. The minimum atomic E-state index is 0.695. The highest BCUT2D eigenvalue weighted by molar-refractivity contribution is 5.27. The van der Waals surface area contributed by atoms with Gasteiger partial charge >= 0.3 is 0 Å². The molecule has 2 fully saturated rings. The van der Waals surface area contributed by atoms with Crippen molar-refractivity contribution in [1.29, 1.82) is 0 Å². The zero-order chi connectivity index (χ0) is 19.5. The molecule has 1 aromatic heterocycles. The Kier molecular flexibility index (Phi) is 5.93. The van der Waals surface area contributed by atoms with Crippen LogP contribution in [0.4, 0.5) is 5.95 Å². The van der Waals surface area contributed by atoms with Gasteiger partial charge in [0.15, 0.2) is 0 Å². The minimum absolute atomic E-state index is 0.695. The molecule has 1 N–H and O–H groups in total. The van der Waals surface area contributed by atoms with Gasteiger partial charge in [-0.25, -0.2) is 9.97 Å². The molecule has 4 rings (SSSR count). The molecule has 28 heavy (non-hydrogen) atoms. The molecule has 0 aliphatic heterocycles. The Balaban J connectivity index is 1.26. The molecule has 0 radical (unpaired) electrons. The lowest BCUT2D eigenvalue weighted by Gasteiger charge is -2.26. The topological polar surface area (TPSA) is 44.3 Å². The standard InChI is InChI=1S/C23H33N5/c1-27(2)21-9-19-11-22(12-20(19)10-21)28(3)16-18-14-25-23(26-15-18)24-13-17-7-5-4-6-8-17/h4-8,14-15,19-22H,9-13,16H2,1-3H3,(H,24,25,26)/t19-,20+,21?,22?. The van der Waals surface area contributed by atoms with Gasteiger partial charge in [-0.3, -0.25) is 4.90 Å². The number of anilines is 1. The highest BCUT2D eigenvalue weighted by atomic mass is 15.1. The largest absolute Gasteiger partial charge is 0.350 e. The van der Waals surface area contributed by atoms with E-state index in [2.05, 4.69) is 70.5 Å². The molecule has 5 heteroatoms. The van der Waals surface area contributed by atoms with Crippen molar-refractivity contribution in [3.63, 3.8) is 0 Å². The normalized spacial score (nSPS) is 26.8. The van der Waals surface area contributed by atoms with E-state index >= 15 is 0 Å². The summed E-state index contributed by atoms with van der Waals surface area (Å²) >= 11 is 0. The Morgan fingerprint density at radius 3 is 2.07 bits per heavy atom. The highest BCUT2D eigenvalue weighted by Crippen LogP contribution is 2.46. The van der Waals surface area contributed by atoms with Gasteiger partial charge in [-0.1, -0.05) is 30.3 Å². The summed E-state index contributed by atoms with van der Waals surface area (Å²) in [6.45, 7) is 1.68. The van der Waals surface area contributed by atoms with Crippen molar-refractivity contribution < 1.29 is 0 Å². The maximum atomic E-state index is 4.51. The van der Waals surface area contributed by atoms with Crippen LogP contribution in [0.3, 0.4) is 0 Å². The van der Waals surface area contributed by atoms with Crippen molar-refractivity contribution in [2.24, 2.45) is 11.8 Å². The molecule has 0 bridgehead atoms. The van der Waals surface area contributed by atoms with E-state index in [1.54, 1.807) is 0 Å². The lowest BCUT2D eigenvalue weighted by atomic mass is 10.0.